The summed E-state index contributed by atoms with van der Waals surface area (Å²) in [5.74, 6) is 1.87. The van der Waals surface area contributed by atoms with E-state index in [1.165, 1.54) is 0 Å². The molecule has 1 amide bonds. The quantitative estimate of drug-likeness (QED) is 0.776. The maximum atomic E-state index is 12.0. The first-order chi connectivity index (χ1) is 12.3. The Bertz CT molecular complexity index is 926. The monoisotopic (exact) mass is 336 g/mol. The Balaban J connectivity index is 1.31. The van der Waals surface area contributed by atoms with Crippen LogP contribution in [0.2, 0.25) is 0 Å². The second-order valence-electron chi connectivity index (χ2n) is 5.61. The molecule has 0 fully saturated rings. The van der Waals surface area contributed by atoms with Crippen molar-refractivity contribution in [2.45, 2.75) is 6.54 Å². The Hall–Kier alpha value is -3.28. The van der Waals surface area contributed by atoms with Crippen molar-refractivity contribution in [2.75, 3.05) is 13.4 Å². The van der Waals surface area contributed by atoms with Crippen LogP contribution in [0.1, 0.15) is 5.56 Å². The van der Waals surface area contributed by atoms with E-state index in [0.29, 0.717) is 18.0 Å². The minimum atomic E-state index is -0.191. The van der Waals surface area contributed by atoms with Crippen molar-refractivity contribution in [3.63, 3.8) is 0 Å². The van der Waals surface area contributed by atoms with Crippen molar-refractivity contribution in [1.82, 2.24) is 10.3 Å². The minimum absolute atomic E-state index is 0.0453. The molecule has 1 aromatic heterocycles. The number of nitrogens with zero attached hydrogens (tertiary/aromatic N) is 1. The normalized spacial score (nSPS) is 12.2. The number of hydrogen-bond acceptors (Lipinski definition) is 5. The Morgan fingerprint density at radius 2 is 2.04 bits per heavy atom. The summed E-state index contributed by atoms with van der Waals surface area (Å²) in [6, 6.07) is 15.0. The molecule has 1 aliphatic heterocycles. The predicted octanol–water partition coefficient (Wildman–Crippen LogP) is 2.66. The fourth-order valence-corrected chi connectivity index (χ4v) is 2.59. The van der Waals surface area contributed by atoms with Crippen LogP contribution < -0.4 is 19.5 Å². The number of fused-ring (bicyclic) bond motifs is 2. The highest BCUT2D eigenvalue weighted by Gasteiger charge is 2.13. The van der Waals surface area contributed by atoms with Gasteiger partial charge < -0.3 is 19.5 Å². The Morgan fingerprint density at radius 1 is 1.12 bits per heavy atom. The molecule has 0 unspecified atom stereocenters. The molecule has 0 bridgehead atoms. The Kier molecular flexibility index (Phi) is 4.08. The zero-order valence-electron chi connectivity index (χ0n) is 13.4. The van der Waals surface area contributed by atoms with Crippen molar-refractivity contribution in [3.05, 3.63) is 60.3 Å². The summed E-state index contributed by atoms with van der Waals surface area (Å²) in [7, 11) is 0. The summed E-state index contributed by atoms with van der Waals surface area (Å²) < 4.78 is 16.1. The van der Waals surface area contributed by atoms with Crippen molar-refractivity contribution in [3.8, 4) is 17.2 Å². The molecule has 3 aromatic rings. The molecule has 0 atom stereocenters. The highest BCUT2D eigenvalue weighted by Crippen LogP contribution is 2.32. The standard InChI is InChI=1S/C19H16N2O4/c22-19(21-10-13-3-6-17-18(8-13)25-12-24-17)11-23-15-4-5-16-14(9-15)2-1-7-20-16/h1-9H,10-12H2,(H,21,22). The summed E-state index contributed by atoms with van der Waals surface area (Å²) in [4.78, 5) is 16.2. The molecular weight excluding hydrogens is 320 g/mol. The van der Waals surface area contributed by atoms with Gasteiger partial charge in [0.2, 0.25) is 6.79 Å². The average molecular weight is 336 g/mol. The van der Waals surface area contributed by atoms with Gasteiger partial charge in [-0.3, -0.25) is 9.78 Å². The molecule has 4 rings (SSSR count). The number of pyridine rings is 1. The van der Waals surface area contributed by atoms with E-state index in [4.69, 9.17) is 14.2 Å². The molecule has 0 radical (unpaired) electrons. The van der Waals surface area contributed by atoms with Crippen LogP contribution in [0.4, 0.5) is 0 Å². The smallest absolute Gasteiger partial charge is 0.258 e. The molecule has 0 saturated carbocycles. The zero-order chi connectivity index (χ0) is 17.1. The molecule has 25 heavy (non-hydrogen) atoms. The van der Waals surface area contributed by atoms with Crippen LogP contribution in [0.25, 0.3) is 10.9 Å². The third kappa shape index (κ3) is 3.47. The topological polar surface area (TPSA) is 69.7 Å². The molecule has 2 aromatic carbocycles. The van der Waals surface area contributed by atoms with Gasteiger partial charge in [-0.15, -0.1) is 0 Å². The van der Waals surface area contributed by atoms with Gasteiger partial charge in [0.15, 0.2) is 18.1 Å². The van der Waals surface area contributed by atoms with Gasteiger partial charge in [0.05, 0.1) is 5.52 Å². The molecule has 0 saturated heterocycles. The van der Waals surface area contributed by atoms with E-state index >= 15 is 0 Å². The van der Waals surface area contributed by atoms with Gasteiger partial charge in [0.25, 0.3) is 5.91 Å². The Morgan fingerprint density at radius 3 is 3.00 bits per heavy atom. The summed E-state index contributed by atoms with van der Waals surface area (Å²) >= 11 is 0. The fourth-order valence-electron chi connectivity index (χ4n) is 2.59. The number of carbonyl (C=O) groups is 1. The molecule has 1 N–H and O–H groups in total. The van der Waals surface area contributed by atoms with Crippen molar-refractivity contribution < 1.29 is 19.0 Å². The van der Waals surface area contributed by atoms with E-state index in [1.807, 2.05) is 42.5 Å². The van der Waals surface area contributed by atoms with Crippen molar-refractivity contribution >= 4 is 16.8 Å². The van der Waals surface area contributed by atoms with E-state index < -0.39 is 0 Å². The van der Waals surface area contributed by atoms with Crippen molar-refractivity contribution in [2.24, 2.45) is 0 Å². The highest BCUT2D eigenvalue weighted by molar-refractivity contribution is 5.80. The van der Waals surface area contributed by atoms with Crippen LogP contribution in [0, 0.1) is 0 Å². The lowest BCUT2D eigenvalue weighted by atomic mass is 10.2. The second-order valence-corrected chi connectivity index (χ2v) is 5.61. The van der Waals surface area contributed by atoms with Crippen LogP contribution >= 0.6 is 0 Å². The summed E-state index contributed by atoms with van der Waals surface area (Å²) in [5.41, 5.74) is 1.83. The maximum absolute atomic E-state index is 12.0. The van der Waals surface area contributed by atoms with Gasteiger partial charge in [-0.25, -0.2) is 0 Å². The average Bonchev–Trinajstić information content (AvgIpc) is 3.12. The lowest BCUT2D eigenvalue weighted by Gasteiger charge is -2.08. The fraction of sp³-hybridized carbons (Fsp3) is 0.158. The lowest BCUT2D eigenvalue weighted by molar-refractivity contribution is -0.123. The third-order valence-electron chi connectivity index (χ3n) is 3.87. The first-order valence-electron chi connectivity index (χ1n) is 7.91. The van der Waals surface area contributed by atoms with Crippen LogP contribution in [-0.2, 0) is 11.3 Å². The number of carbonyl (C=O) groups excluding carboxylic acids is 1. The largest absolute Gasteiger partial charge is 0.484 e. The van der Waals surface area contributed by atoms with Crippen LogP contribution in [0.5, 0.6) is 17.2 Å². The first kappa shape index (κ1) is 15.3. The van der Waals surface area contributed by atoms with Crippen LogP contribution in [-0.4, -0.2) is 24.3 Å². The van der Waals surface area contributed by atoms with Gasteiger partial charge in [-0.2, -0.15) is 0 Å². The van der Waals surface area contributed by atoms with Crippen LogP contribution in [0.15, 0.2) is 54.7 Å². The SMILES string of the molecule is O=C(COc1ccc2ncccc2c1)NCc1ccc2c(c1)OCO2. The van der Waals surface area contributed by atoms with E-state index in [9.17, 15) is 4.79 Å². The van der Waals surface area contributed by atoms with Crippen LogP contribution in [0.3, 0.4) is 0 Å². The molecule has 6 nitrogen and oxygen atoms in total. The molecule has 0 spiro atoms. The summed E-state index contributed by atoms with van der Waals surface area (Å²) in [5, 5.41) is 3.80. The van der Waals surface area contributed by atoms with E-state index in [0.717, 1.165) is 22.2 Å². The second kappa shape index (κ2) is 6.68. The molecule has 126 valence electrons. The lowest BCUT2D eigenvalue weighted by Crippen LogP contribution is -2.28. The van der Waals surface area contributed by atoms with E-state index in [1.54, 1.807) is 12.3 Å². The minimum Gasteiger partial charge on any atom is -0.484 e. The number of ether oxygens (including phenoxy) is 3. The van der Waals surface area contributed by atoms with Gasteiger partial charge in [-0.05, 0) is 42.0 Å². The maximum Gasteiger partial charge on any atom is 0.258 e. The summed E-state index contributed by atoms with van der Waals surface area (Å²) in [6.07, 6.45) is 1.74. The number of hydrogen-bond donors (Lipinski definition) is 1. The molecular formula is C19H16N2O4. The predicted molar refractivity (Wildman–Crippen MR) is 91.6 cm³/mol. The molecule has 1 aliphatic rings. The molecule has 6 heteroatoms. The van der Waals surface area contributed by atoms with Gasteiger partial charge in [-0.1, -0.05) is 12.1 Å². The van der Waals surface area contributed by atoms with Gasteiger partial charge in [0.1, 0.15) is 5.75 Å². The number of benzene rings is 2. The third-order valence-corrected chi connectivity index (χ3v) is 3.87. The molecule has 0 aliphatic carbocycles. The molecule has 2 heterocycles. The van der Waals surface area contributed by atoms with E-state index in [-0.39, 0.29) is 19.3 Å². The first-order valence-corrected chi connectivity index (χ1v) is 7.91. The van der Waals surface area contributed by atoms with Crippen molar-refractivity contribution in [1.29, 1.82) is 0 Å². The zero-order valence-corrected chi connectivity index (χ0v) is 13.4. The van der Waals surface area contributed by atoms with Gasteiger partial charge >= 0.3 is 0 Å². The Labute approximate surface area is 144 Å². The summed E-state index contributed by atoms with van der Waals surface area (Å²) in [6.45, 7) is 0.594. The number of amides is 1. The number of aromatic nitrogens is 1. The number of rotatable bonds is 5. The van der Waals surface area contributed by atoms with E-state index in [2.05, 4.69) is 10.3 Å². The number of nitrogens with one attached hydrogen (secondary N) is 1. The van der Waals surface area contributed by atoms with Gasteiger partial charge in [0, 0.05) is 18.1 Å². The highest BCUT2D eigenvalue weighted by atomic mass is 16.7.